The van der Waals surface area contributed by atoms with Crippen molar-refractivity contribution in [3.63, 3.8) is 0 Å². The number of hydrogen-bond acceptors (Lipinski definition) is 3. The van der Waals surface area contributed by atoms with Crippen LogP contribution in [0.4, 0.5) is 0 Å². The molecule has 0 aliphatic rings. The first-order valence-electron chi connectivity index (χ1n) is 5.96. The van der Waals surface area contributed by atoms with Gasteiger partial charge in [0.05, 0.1) is 0 Å². The van der Waals surface area contributed by atoms with Gasteiger partial charge in [0.25, 0.3) is 0 Å². The predicted molar refractivity (Wildman–Crippen MR) is 74.6 cm³/mol. The van der Waals surface area contributed by atoms with Crippen LogP contribution in [-0.2, 0) is 11.2 Å². The molecule has 2 rings (SSSR count). The zero-order valence-electron chi connectivity index (χ0n) is 10.9. The second-order valence-corrected chi connectivity index (χ2v) is 5.49. The maximum atomic E-state index is 10.7. The molecule has 0 heterocycles. The fourth-order valence-electron chi connectivity index (χ4n) is 1.59. The Bertz CT molecular complexity index is 600. The molecule has 0 fully saturated rings. The molecule has 0 unspecified atom stereocenters. The quantitative estimate of drug-likeness (QED) is 0.829. The van der Waals surface area contributed by atoms with Crippen molar-refractivity contribution in [2.24, 2.45) is 0 Å². The maximum Gasteiger partial charge on any atom is 0.524 e. The third-order valence-electron chi connectivity index (χ3n) is 2.57. The Morgan fingerprint density at radius 2 is 1.50 bits per heavy atom. The lowest BCUT2D eigenvalue weighted by Crippen LogP contribution is -1.95. The molecule has 6 heteroatoms. The van der Waals surface area contributed by atoms with E-state index in [1.807, 2.05) is 31.2 Å². The first-order valence-corrected chi connectivity index (χ1v) is 7.49. The molecule has 0 aromatic heterocycles. The van der Waals surface area contributed by atoms with Gasteiger partial charge in [0, 0.05) is 0 Å². The summed E-state index contributed by atoms with van der Waals surface area (Å²) in [6, 6.07) is 14.1. The van der Waals surface area contributed by atoms with Crippen LogP contribution in [0.15, 0.2) is 48.5 Å². The Hall–Kier alpha value is -1.81. The van der Waals surface area contributed by atoms with Gasteiger partial charge in [-0.3, -0.25) is 9.79 Å². The Labute approximate surface area is 117 Å². The highest BCUT2D eigenvalue weighted by molar-refractivity contribution is 7.46. The summed E-state index contributed by atoms with van der Waals surface area (Å²) in [5.74, 6) is 0.699. The van der Waals surface area contributed by atoms with Gasteiger partial charge >= 0.3 is 7.82 Å². The van der Waals surface area contributed by atoms with Gasteiger partial charge in [0.2, 0.25) is 0 Å². The molecule has 106 valence electrons. The van der Waals surface area contributed by atoms with Gasteiger partial charge in [0.15, 0.2) is 0 Å². The lowest BCUT2D eigenvalue weighted by Gasteiger charge is -2.09. The first-order chi connectivity index (χ1) is 9.42. The van der Waals surface area contributed by atoms with E-state index in [0.717, 1.165) is 5.56 Å². The smallest absolute Gasteiger partial charge is 0.489 e. The summed E-state index contributed by atoms with van der Waals surface area (Å²) in [5, 5.41) is 0. The van der Waals surface area contributed by atoms with Crippen molar-refractivity contribution >= 4 is 7.82 Å². The number of hydrogen-bond donors (Lipinski definition) is 2. The van der Waals surface area contributed by atoms with Crippen LogP contribution in [0.5, 0.6) is 11.5 Å². The van der Waals surface area contributed by atoms with Crippen LogP contribution in [0.3, 0.4) is 0 Å². The van der Waals surface area contributed by atoms with E-state index in [9.17, 15) is 4.57 Å². The van der Waals surface area contributed by atoms with E-state index in [1.54, 1.807) is 12.1 Å². The van der Waals surface area contributed by atoms with Crippen molar-refractivity contribution in [3.05, 3.63) is 59.7 Å². The normalized spacial score (nSPS) is 11.2. The molecule has 0 saturated carbocycles. The molecule has 0 amide bonds. The summed E-state index contributed by atoms with van der Waals surface area (Å²) >= 11 is 0. The van der Waals surface area contributed by atoms with Gasteiger partial charge < -0.3 is 9.26 Å². The van der Waals surface area contributed by atoms with Crippen molar-refractivity contribution in [3.8, 4) is 11.5 Å². The Morgan fingerprint density at radius 3 is 2.05 bits per heavy atom. The summed E-state index contributed by atoms with van der Waals surface area (Å²) < 4.78 is 20.7. The monoisotopic (exact) mass is 294 g/mol. The largest absolute Gasteiger partial charge is 0.524 e. The van der Waals surface area contributed by atoms with E-state index in [-0.39, 0.29) is 5.75 Å². The summed E-state index contributed by atoms with van der Waals surface area (Å²) in [7, 11) is -4.51. The second kappa shape index (κ2) is 6.09. The van der Waals surface area contributed by atoms with Crippen LogP contribution >= 0.6 is 7.82 Å². The summed E-state index contributed by atoms with van der Waals surface area (Å²) in [4.78, 5) is 17.3. The molecular formula is C14H15O5P. The number of rotatable bonds is 5. The molecule has 0 bridgehead atoms. The molecule has 2 aromatic carbocycles. The fourth-order valence-corrected chi connectivity index (χ4v) is 1.98. The third kappa shape index (κ3) is 4.70. The van der Waals surface area contributed by atoms with Crippen LogP contribution in [0.1, 0.15) is 11.1 Å². The Balaban J connectivity index is 1.94. The average molecular weight is 294 g/mol. The van der Waals surface area contributed by atoms with E-state index in [1.165, 1.54) is 17.7 Å². The minimum absolute atomic E-state index is 0.0982. The standard InChI is InChI=1S/C14H15O5P/c1-11-2-4-12(5-3-11)10-18-13-6-8-14(9-7-13)19-20(15,16)17/h2-9H,10H2,1H3,(H2,15,16,17). The van der Waals surface area contributed by atoms with Crippen LogP contribution in [0.25, 0.3) is 0 Å². The van der Waals surface area contributed by atoms with Crippen LogP contribution < -0.4 is 9.26 Å². The van der Waals surface area contributed by atoms with Crippen molar-refractivity contribution in [1.82, 2.24) is 0 Å². The molecular weight excluding hydrogens is 279 g/mol. The zero-order chi connectivity index (χ0) is 14.6. The highest BCUT2D eigenvalue weighted by Crippen LogP contribution is 2.37. The van der Waals surface area contributed by atoms with Crippen LogP contribution in [0.2, 0.25) is 0 Å². The first kappa shape index (κ1) is 14.6. The van der Waals surface area contributed by atoms with Gasteiger partial charge in [-0.2, -0.15) is 0 Å². The lowest BCUT2D eigenvalue weighted by atomic mass is 10.2. The topological polar surface area (TPSA) is 76.0 Å². The molecule has 0 aliphatic heterocycles. The van der Waals surface area contributed by atoms with Crippen molar-refractivity contribution < 1.29 is 23.6 Å². The third-order valence-corrected chi connectivity index (χ3v) is 3.02. The molecule has 0 aliphatic carbocycles. The average Bonchev–Trinajstić information content (AvgIpc) is 2.38. The van der Waals surface area contributed by atoms with Gasteiger partial charge in [-0.25, -0.2) is 4.57 Å². The van der Waals surface area contributed by atoms with E-state index < -0.39 is 7.82 Å². The van der Waals surface area contributed by atoms with E-state index >= 15 is 0 Å². The SMILES string of the molecule is Cc1ccc(COc2ccc(OP(=O)(O)O)cc2)cc1. The van der Waals surface area contributed by atoms with Crippen molar-refractivity contribution in [1.29, 1.82) is 0 Å². The van der Waals surface area contributed by atoms with E-state index in [0.29, 0.717) is 12.4 Å². The van der Waals surface area contributed by atoms with E-state index in [2.05, 4.69) is 4.52 Å². The number of phosphoric acid groups is 1. The Kier molecular flexibility index (Phi) is 4.45. The maximum absolute atomic E-state index is 10.7. The highest BCUT2D eigenvalue weighted by Gasteiger charge is 2.15. The number of phosphoric ester groups is 1. The summed E-state index contributed by atoms with van der Waals surface area (Å²) in [6.45, 7) is 2.45. The Morgan fingerprint density at radius 1 is 0.950 bits per heavy atom. The fraction of sp³-hybridized carbons (Fsp3) is 0.143. The molecule has 0 saturated heterocycles. The summed E-state index contributed by atoms with van der Waals surface area (Å²) in [6.07, 6.45) is 0. The van der Waals surface area contributed by atoms with Gasteiger partial charge in [-0.05, 0) is 36.8 Å². The minimum atomic E-state index is -4.51. The second-order valence-electron chi connectivity index (χ2n) is 4.33. The molecule has 0 spiro atoms. The molecule has 0 atom stereocenters. The van der Waals surface area contributed by atoms with Gasteiger partial charge in [0.1, 0.15) is 18.1 Å². The molecule has 2 N–H and O–H groups in total. The van der Waals surface area contributed by atoms with Crippen LogP contribution in [0, 0.1) is 6.92 Å². The van der Waals surface area contributed by atoms with Crippen molar-refractivity contribution in [2.45, 2.75) is 13.5 Å². The number of benzene rings is 2. The van der Waals surface area contributed by atoms with Crippen molar-refractivity contribution in [2.75, 3.05) is 0 Å². The van der Waals surface area contributed by atoms with Crippen LogP contribution in [-0.4, -0.2) is 9.79 Å². The minimum Gasteiger partial charge on any atom is -0.489 e. The van der Waals surface area contributed by atoms with E-state index in [4.69, 9.17) is 14.5 Å². The van der Waals surface area contributed by atoms with Gasteiger partial charge in [-0.15, -0.1) is 0 Å². The lowest BCUT2D eigenvalue weighted by molar-refractivity contribution is 0.282. The number of ether oxygens (including phenoxy) is 1. The molecule has 5 nitrogen and oxygen atoms in total. The van der Waals surface area contributed by atoms with Gasteiger partial charge in [-0.1, -0.05) is 29.8 Å². The zero-order valence-corrected chi connectivity index (χ0v) is 11.8. The molecule has 2 aromatic rings. The highest BCUT2D eigenvalue weighted by atomic mass is 31.2. The predicted octanol–water partition coefficient (Wildman–Crippen LogP) is 3.05. The number of aryl methyl sites for hydroxylation is 1. The molecule has 0 radical (unpaired) electrons. The molecule has 20 heavy (non-hydrogen) atoms. The summed E-state index contributed by atoms with van der Waals surface area (Å²) in [5.41, 5.74) is 2.24.